The van der Waals surface area contributed by atoms with Crippen molar-refractivity contribution in [2.45, 2.75) is 6.54 Å². The first-order chi connectivity index (χ1) is 6.68. The maximum Gasteiger partial charge on any atom is 0.230 e. The van der Waals surface area contributed by atoms with Gasteiger partial charge in [0.15, 0.2) is 0 Å². The van der Waals surface area contributed by atoms with Crippen LogP contribution in [0.5, 0.6) is 0 Å². The number of nitro groups is 1. The molecule has 0 aliphatic carbocycles. The maximum absolute atomic E-state index is 10.4. The quantitative estimate of drug-likeness (QED) is 0.536. The van der Waals surface area contributed by atoms with Crippen LogP contribution < -0.4 is 0 Å². The lowest BCUT2D eigenvalue weighted by molar-refractivity contribution is -0.496. The molecule has 0 aliphatic heterocycles. The summed E-state index contributed by atoms with van der Waals surface area (Å²) in [4.78, 5) is 10.1. The average molecular weight is 190 g/mol. The van der Waals surface area contributed by atoms with E-state index >= 15 is 0 Å². The van der Waals surface area contributed by atoms with Crippen LogP contribution >= 0.6 is 0 Å². The first kappa shape index (κ1) is 8.74. The minimum atomic E-state index is -0.304. The van der Waals surface area contributed by atoms with Gasteiger partial charge >= 0.3 is 0 Å². The molecule has 0 saturated heterocycles. The Balaban J connectivity index is 2.60. The molecule has 2 aromatic rings. The van der Waals surface area contributed by atoms with E-state index in [0.29, 0.717) is 0 Å². The number of hydrogen-bond acceptors (Lipinski definition) is 2. The summed E-state index contributed by atoms with van der Waals surface area (Å²) in [6, 6.07) is 7.69. The van der Waals surface area contributed by atoms with E-state index in [2.05, 4.69) is 0 Å². The van der Waals surface area contributed by atoms with Crippen molar-refractivity contribution in [2.24, 2.45) is 7.05 Å². The molecule has 0 radical (unpaired) electrons. The molecule has 4 nitrogen and oxygen atoms in total. The molecule has 0 aliphatic rings. The summed E-state index contributed by atoms with van der Waals surface area (Å²) in [5, 5.41) is 11.4. The van der Waals surface area contributed by atoms with E-state index in [1.807, 2.05) is 42.1 Å². The van der Waals surface area contributed by atoms with Crippen molar-refractivity contribution in [3.05, 3.63) is 46.1 Å². The van der Waals surface area contributed by atoms with Gasteiger partial charge in [-0.3, -0.25) is 10.1 Å². The third-order valence-corrected chi connectivity index (χ3v) is 2.28. The highest BCUT2D eigenvalue weighted by atomic mass is 16.6. The van der Waals surface area contributed by atoms with Crippen molar-refractivity contribution in [2.75, 3.05) is 0 Å². The molecule has 1 aromatic carbocycles. The predicted octanol–water partition coefficient (Wildman–Crippen LogP) is 1.95. The lowest BCUT2D eigenvalue weighted by Gasteiger charge is -1.93. The number of nitrogens with zero attached hydrogens (tertiary/aromatic N) is 2. The van der Waals surface area contributed by atoms with E-state index in [1.54, 1.807) is 0 Å². The molecule has 0 spiro atoms. The van der Waals surface area contributed by atoms with Gasteiger partial charge in [-0.1, -0.05) is 18.2 Å². The van der Waals surface area contributed by atoms with E-state index in [1.165, 1.54) is 0 Å². The fourth-order valence-electron chi connectivity index (χ4n) is 1.69. The molecule has 14 heavy (non-hydrogen) atoms. The molecule has 4 heteroatoms. The number of aryl methyl sites for hydroxylation is 1. The number of fused-ring (bicyclic) bond motifs is 1. The Hall–Kier alpha value is -1.84. The molecular formula is C10H10N2O2. The molecule has 0 fully saturated rings. The van der Waals surface area contributed by atoms with Crippen LogP contribution in [0.25, 0.3) is 10.9 Å². The minimum Gasteiger partial charge on any atom is -0.350 e. The second kappa shape index (κ2) is 3.14. The zero-order chi connectivity index (χ0) is 10.1. The summed E-state index contributed by atoms with van der Waals surface area (Å²) in [6.07, 6.45) is 1.81. The van der Waals surface area contributed by atoms with Gasteiger partial charge < -0.3 is 4.57 Å². The van der Waals surface area contributed by atoms with Gasteiger partial charge in [-0.05, 0) is 6.07 Å². The highest BCUT2D eigenvalue weighted by molar-refractivity contribution is 5.83. The summed E-state index contributed by atoms with van der Waals surface area (Å²) in [5.74, 6) is 0. The SMILES string of the molecule is Cn1cc(C[N+](=O)[O-])c2ccccc21. The predicted molar refractivity (Wildman–Crippen MR) is 53.6 cm³/mol. The van der Waals surface area contributed by atoms with Crippen LogP contribution in [0.2, 0.25) is 0 Å². The maximum atomic E-state index is 10.4. The average Bonchev–Trinajstić information content (AvgIpc) is 2.44. The van der Waals surface area contributed by atoms with Crippen LogP contribution in [0.3, 0.4) is 0 Å². The van der Waals surface area contributed by atoms with Gasteiger partial charge in [0.05, 0.1) is 0 Å². The Morgan fingerprint density at radius 3 is 2.86 bits per heavy atom. The van der Waals surface area contributed by atoms with Crippen LogP contribution in [-0.4, -0.2) is 9.49 Å². The number of hydrogen-bond donors (Lipinski definition) is 0. The van der Waals surface area contributed by atoms with Crippen molar-refractivity contribution in [1.82, 2.24) is 4.57 Å². The summed E-state index contributed by atoms with van der Waals surface area (Å²) < 4.78 is 1.91. The van der Waals surface area contributed by atoms with Crippen LogP contribution in [0.1, 0.15) is 5.56 Å². The molecule has 0 saturated carbocycles. The van der Waals surface area contributed by atoms with Crippen molar-refractivity contribution >= 4 is 10.9 Å². The topological polar surface area (TPSA) is 48.1 Å². The van der Waals surface area contributed by atoms with Crippen LogP contribution in [-0.2, 0) is 13.6 Å². The molecule has 0 amide bonds. The first-order valence-electron chi connectivity index (χ1n) is 4.33. The number of rotatable bonds is 2. The second-order valence-electron chi connectivity index (χ2n) is 3.27. The summed E-state index contributed by atoms with van der Waals surface area (Å²) in [6.45, 7) is -0.110. The summed E-state index contributed by atoms with van der Waals surface area (Å²) in [5.41, 5.74) is 1.80. The fraction of sp³-hybridized carbons (Fsp3) is 0.200. The van der Waals surface area contributed by atoms with Gasteiger partial charge in [0.25, 0.3) is 0 Å². The van der Waals surface area contributed by atoms with Crippen molar-refractivity contribution in [1.29, 1.82) is 0 Å². The van der Waals surface area contributed by atoms with Crippen molar-refractivity contribution in [3.63, 3.8) is 0 Å². The minimum absolute atomic E-state index is 0.110. The molecule has 0 unspecified atom stereocenters. The first-order valence-corrected chi connectivity index (χ1v) is 4.33. The Morgan fingerprint density at radius 1 is 1.43 bits per heavy atom. The number of para-hydroxylation sites is 1. The molecule has 2 rings (SSSR count). The van der Waals surface area contributed by atoms with E-state index in [4.69, 9.17) is 0 Å². The van der Waals surface area contributed by atoms with Gasteiger partial charge in [0.2, 0.25) is 6.54 Å². The summed E-state index contributed by atoms with van der Waals surface area (Å²) in [7, 11) is 1.89. The van der Waals surface area contributed by atoms with Crippen LogP contribution in [0.15, 0.2) is 30.5 Å². The van der Waals surface area contributed by atoms with Crippen molar-refractivity contribution < 1.29 is 4.92 Å². The standard InChI is InChI=1S/C10H10N2O2/c1-11-6-8(7-12(13)14)9-4-2-3-5-10(9)11/h2-6H,7H2,1H3. The zero-order valence-electron chi connectivity index (χ0n) is 7.80. The fourth-order valence-corrected chi connectivity index (χ4v) is 1.69. The van der Waals surface area contributed by atoms with E-state index < -0.39 is 0 Å². The van der Waals surface area contributed by atoms with Gasteiger partial charge in [0.1, 0.15) is 0 Å². The molecule has 0 atom stereocenters. The van der Waals surface area contributed by atoms with Gasteiger partial charge in [-0.15, -0.1) is 0 Å². The largest absolute Gasteiger partial charge is 0.350 e. The second-order valence-corrected chi connectivity index (χ2v) is 3.27. The Kier molecular flexibility index (Phi) is 1.96. The smallest absolute Gasteiger partial charge is 0.230 e. The molecular weight excluding hydrogens is 180 g/mol. The van der Waals surface area contributed by atoms with E-state index in [0.717, 1.165) is 16.5 Å². The number of benzene rings is 1. The molecule has 0 N–H and O–H groups in total. The highest BCUT2D eigenvalue weighted by Gasteiger charge is 2.09. The Morgan fingerprint density at radius 2 is 2.14 bits per heavy atom. The third-order valence-electron chi connectivity index (χ3n) is 2.28. The highest BCUT2D eigenvalue weighted by Crippen LogP contribution is 2.20. The van der Waals surface area contributed by atoms with Crippen LogP contribution in [0, 0.1) is 10.1 Å². The molecule has 1 aromatic heterocycles. The van der Waals surface area contributed by atoms with Gasteiger partial charge in [-0.25, -0.2) is 0 Å². The van der Waals surface area contributed by atoms with Crippen LogP contribution in [0.4, 0.5) is 0 Å². The normalized spacial score (nSPS) is 10.6. The van der Waals surface area contributed by atoms with Gasteiger partial charge in [0, 0.05) is 34.6 Å². The van der Waals surface area contributed by atoms with Gasteiger partial charge in [-0.2, -0.15) is 0 Å². The van der Waals surface area contributed by atoms with E-state index in [-0.39, 0.29) is 11.5 Å². The Labute approximate surface area is 80.9 Å². The molecule has 1 heterocycles. The summed E-state index contributed by atoms with van der Waals surface area (Å²) >= 11 is 0. The monoisotopic (exact) mass is 190 g/mol. The molecule has 0 bridgehead atoms. The third kappa shape index (κ3) is 1.35. The lowest BCUT2D eigenvalue weighted by atomic mass is 10.2. The zero-order valence-corrected chi connectivity index (χ0v) is 7.80. The lowest BCUT2D eigenvalue weighted by Crippen LogP contribution is -1.96. The number of aromatic nitrogens is 1. The Bertz CT molecular complexity index is 488. The van der Waals surface area contributed by atoms with E-state index in [9.17, 15) is 10.1 Å². The van der Waals surface area contributed by atoms with Crippen molar-refractivity contribution in [3.8, 4) is 0 Å². The molecule has 72 valence electrons.